The van der Waals surface area contributed by atoms with Crippen LogP contribution in [0, 0.1) is 5.92 Å². The fourth-order valence-electron chi connectivity index (χ4n) is 9.15. The highest BCUT2D eigenvalue weighted by atomic mass is 32.2. The zero-order chi connectivity index (χ0) is 77.2. The maximum atomic E-state index is 13.4. The number of carboxylic acids is 1. The van der Waals surface area contributed by atoms with Crippen LogP contribution in [0.25, 0.3) is 0 Å². The smallest absolute Gasteiger partial charge is 0.305 e. The summed E-state index contributed by atoms with van der Waals surface area (Å²) in [6, 6.07) is -2.39. The number of aliphatic carboxylic acids is 1. The molecule has 0 aliphatic carbocycles. The van der Waals surface area contributed by atoms with Gasteiger partial charge in [-0.15, -0.1) is 11.8 Å². The monoisotopic (exact) mass is 1570 g/mol. The van der Waals surface area contributed by atoms with Crippen molar-refractivity contribution in [3.8, 4) is 0 Å². The minimum Gasteiger partial charge on any atom is -0.481 e. The molecule has 6 N–H and O–H groups in total. The molecule has 2 saturated heterocycles. The van der Waals surface area contributed by atoms with Crippen molar-refractivity contribution in [3.05, 3.63) is 0 Å². The summed E-state index contributed by atoms with van der Waals surface area (Å²) in [5.74, 6) is -4.43. The Balaban J connectivity index is 1.19. The summed E-state index contributed by atoms with van der Waals surface area (Å²) >= 11 is 1.07. The lowest BCUT2D eigenvalue weighted by molar-refractivity contribution is -0.147. The molecule has 2 aliphatic heterocycles. The normalized spacial score (nSPS) is 15.3. The maximum Gasteiger partial charge on any atom is 0.305 e. The van der Waals surface area contributed by atoms with E-state index >= 15 is 0 Å². The van der Waals surface area contributed by atoms with Gasteiger partial charge in [-0.1, -0.05) is 6.92 Å². The summed E-state index contributed by atoms with van der Waals surface area (Å²) in [5, 5.41) is 10.4. The van der Waals surface area contributed by atoms with Gasteiger partial charge in [0.25, 0.3) is 0 Å². The van der Waals surface area contributed by atoms with Crippen molar-refractivity contribution in [1.82, 2.24) is 15.1 Å². The first-order valence-electron chi connectivity index (χ1n) is 37.1. The molecular weight excluding hydrogens is 1440 g/mol. The number of amides is 5. The Morgan fingerprint density at radius 3 is 0.879 bits per heavy atom. The highest BCUT2D eigenvalue weighted by molar-refractivity contribution is 8.00. The third kappa shape index (κ3) is 58.7. The second kappa shape index (κ2) is 74.9. The molecule has 0 saturated carbocycles. The molecule has 2 rings (SSSR count). The number of ether oxygens (including phenoxy) is 24. The molecule has 2 unspecified atom stereocenters. The van der Waals surface area contributed by atoms with E-state index in [2.05, 4.69) is 5.32 Å². The molecule has 37 nitrogen and oxygen atoms in total. The van der Waals surface area contributed by atoms with Crippen LogP contribution in [0.1, 0.15) is 39.0 Å². The average Bonchev–Trinajstić information content (AvgIpc) is 1.68. The maximum absolute atomic E-state index is 13.4. The molecule has 0 aromatic carbocycles. The van der Waals surface area contributed by atoms with Crippen molar-refractivity contribution in [2.24, 2.45) is 17.4 Å². The third-order valence-electron chi connectivity index (χ3n) is 14.7. The van der Waals surface area contributed by atoms with Crippen molar-refractivity contribution >= 4 is 53.1 Å². The van der Waals surface area contributed by atoms with Gasteiger partial charge >= 0.3 is 5.97 Å². The van der Waals surface area contributed by atoms with Crippen LogP contribution in [-0.4, -0.2) is 416 Å². The van der Waals surface area contributed by atoms with Gasteiger partial charge in [-0.05, 0) is 6.42 Å². The van der Waals surface area contributed by atoms with E-state index < -0.39 is 52.8 Å². The van der Waals surface area contributed by atoms with Crippen LogP contribution in [0.5, 0.6) is 0 Å². The topological polar surface area (TPSA) is 432 Å². The van der Waals surface area contributed by atoms with Crippen LogP contribution >= 0.6 is 11.8 Å². The molecular formula is C69H127N5O32S. The Morgan fingerprint density at radius 1 is 0.383 bits per heavy atom. The van der Waals surface area contributed by atoms with Crippen molar-refractivity contribution in [3.63, 3.8) is 0 Å². The molecule has 2 heterocycles. The van der Waals surface area contributed by atoms with E-state index in [-0.39, 0.29) is 82.6 Å². The van der Waals surface area contributed by atoms with Crippen LogP contribution in [0.4, 0.5) is 0 Å². The highest BCUT2D eigenvalue weighted by Gasteiger charge is 2.44. The minimum atomic E-state index is -1.30. The molecule has 107 heavy (non-hydrogen) atoms. The summed E-state index contributed by atoms with van der Waals surface area (Å²) in [4.78, 5) is 89.6. The fourth-order valence-corrected chi connectivity index (χ4v) is 10.4. The van der Waals surface area contributed by atoms with Gasteiger partial charge in [0.2, 0.25) is 29.5 Å². The lowest BCUT2D eigenvalue weighted by atomic mass is 10.1. The van der Waals surface area contributed by atoms with Crippen LogP contribution < -0.4 is 16.8 Å². The standard InChI is InChI=1S/C69H127N5O32S/c1-59-55-65(77)74(68(59)81)61(57-71)67(80)72-60(58-107-63-56-64(76)73(6-5-70)69(63)82)62(75)3-2-7-83-9-11-85-13-15-87-17-19-89-21-23-91-25-27-93-29-31-95-33-35-97-37-39-99-41-43-101-45-47-103-49-51-105-53-54-106-52-50-104-48-46-102-44-42-100-40-38-98-36-34-96-32-30-94-28-26-92-24-22-90-20-18-88-16-14-86-12-10-84-8-4-66(78)79/h59-61,63H,2-58,70-71H2,1H3,(H,72,80)(H,78,79)/t59?,60-,61-,63?/m0/s1. The molecule has 2 fully saturated rings. The molecule has 0 aromatic heterocycles. The van der Waals surface area contributed by atoms with E-state index in [1.165, 1.54) is 0 Å². The summed E-state index contributed by atoms with van der Waals surface area (Å²) in [7, 11) is 0. The van der Waals surface area contributed by atoms with E-state index in [4.69, 9.17) is 130 Å². The predicted molar refractivity (Wildman–Crippen MR) is 383 cm³/mol. The van der Waals surface area contributed by atoms with Gasteiger partial charge in [0.15, 0.2) is 5.78 Å². The van der Waals surface area contributed by atoms with Gasteiger partial charge in [-0.3, -0.25) is 43.4 Å². The predicted octanol–water partition coefficient (Wildman–Crippen LogP) is -1.76. The molecule has 38 heteroatoms. The zero-order valence-corrected chi connectivity index (χ0v) is 64.0. The number of likely N-dealkylation sites (tertiary alicyclic amines) is 2. The second-order valence-corrected chi connectivity index (χ2v) is 24.4. The number of carboxylic acid groups (broad SMARTS) is 1. The molecule has 0 radical (unpaired) electrons. The van der Waals surface area contributed by atoms with E-state index in [0.29, 0.717) is 304 Å². The number of hydrogen-bond donors (Lipinski definition) is 4. The number of nitrogens with two attached hydrogens (primary N) is 2. The number of ketones is 1. The van der Waals surface area contributed by atoms with Gasteiger partial charge in [0.05, 0.1) is 328 Å². The Kier molecular flexibility index (Phi) is 69.5. The summed E-state index contributed by atoms with van der Waals surface area (Å²) in [6.45, 7) is 22.0. The van der Waals surface area contributed by atoms with Crippen LogP contribution in [0.3, 0.4) is 0 Å². The van der Waals surface area contributed by atoms with E-state index in [1.54, 1.807) is 6.92 Å². The number of thioether (sulfide) groups is 1. The lowest BCUT2D eigenvalue weighted by Gasteiger charge is -2.27. The first kappa shape index (κ1) is 99.3. The number of nitrogens with one attached hydrogen (secondary N) is 1. The molecule has 5 amide bonds. The lowest BCUT2D eigenvalue weighted by Crippen LogP contribution is -2.56. The molecule has 0 spiro atoms. The fraction of sp³-hybridized carbons (Fsp3) is 0.899. The number of rotatable bonds is 86. The Morgan fingerprint density at radius 2 is 0.645 bits per heavy atom. The summed E-state index contributed by atoms with van der Waals surface area (Å²) in [5.41, 5.74) is 11.4. The first-order chi connectivity index (χ1) is 52.5. The molecule has 4 atom stereocenters. The van der Waals surface area contributed by atoms with Crippen molar-refractivity contribution < 1.29 is 152 Å². The molecule has 0 aromatic rings. The zero-order valence-electron chi connectivity index (χ0n) is 63.2. The number of nitrogens with zero attached hydrogens (tertiary/aromatic N) is 2. The number of imide groups is 2. The number of carbonyl (C=O) groups is 7. The Bertz CT molecular complexity index is 2150. The second-order valence-electron chi connectivity index (χ2n) is 23.1. The van der Waals surface area contributed by atoms with Gasteiger partial charge in [0, 0.05) is 57.2 Å². The highest BCUT2D eigenvalue weighted by Crippen LogP contribution is 2.27. The number of carbonyl (C=O) groups excluding carboxylic acids is 6. The van der Waals surface area contributed by atoms with Crippen molar-refractivity contribution in [1.29, 1.82) is 0 Å². The van der Waals surface area contributed by atoms with E-state index in [9.17, 15) is 33.6 Å². The molecule has 626 valence electrons. The van der Waals surface area contributed by atoms with Crippen LogP contribution in [-0.2, 0) is 147 Å². The first-order valence-corrected chi connectivity index (χ1v) is 38.2. The Hall–Kier alpha value is -3.80. The van der Waals surface area contributed by atoms with Crippen LogP contribution in [0.15, 0.2) is 0 Å². The summed E-state index contributed by atoms with van der Waals surface area (Å²) < 4.78 is 132. The van der Waals surface area contributed by atoms with E-state index in [1.807, 2.05) is 0 Å². The third-order valence-corrected chi connectivity index (χ3v) is 16.0. The molecule has 2 aliphatic rings. The van der Waals surface area contributed by atoms with Gasteiger partial charge in [0.1, 0.15) is 6.04 Å². The van der Waals surface area contributed by atoms with Gasteiger partial charge in [-0.25, -0.2) is 0 Å². The average molecular weight is 1570 g/mol. The van der Waals surface area contributed by atoms with Crippen molar-refractivity contribution in [2.45, 2.75) is 56.4 Å². The number of Topliss-reactive ketones (excluding diaryl/α,β-unsaturated/α-hetero) is 1. The molecule has 0 bridgehead atoms. The largest absolute Gasteiger partial charge is 0.481 e. The van der Waals surface area contributed by atoms with Crippen LogP contribution in [0.2, 0.25) is 0 Å². The minimum absolute atomic E-state index is 0.0155. The quantitative estimate of drug-likeness (QED) is 0.0387. The van der Waals surface area contributed by atoms with Gasteiger partial charge < -0.3 is 136 Å². The van der Waals surface area contributed by atoms with E-state index in [0.717, 1.165) is 21.6 Å². The summed E-state index contributed by atoms with van der Waals surface area (Å²) in [6.07, 6.45) is 0.228. The Labute approximate surface area is 634 Å². The number of hydrogen-bond acceptors (Lipinski definition) is 34. The van der Waals surface area contributed by atoms with Gasteiger partial charge in [-0.2, -0.15) is 0 Å². The SMILES string of the molecule is CC1CC(=O)N([C@@H](CN)C(=O)N[C@@H](CSC2CC(=O)N(CCN)C2=O)C(=O)CCCOCCOCCOCCOCCOCCOCCOCCOCCOCCOCCOCCOCCOCCOCCOCCOCCOCCOCCOCCOCCOCCOCCOCCOCCC(=O)O)C1=O. The van der Waals surface area contributed by atoms with Crippen molar-refractivity contribution in [2.75, 3.05) is 343 Å².